The van der Waals surface area contributed by atoms with Crippen molar-refractivity contribution in [2.24, 2.45) is 0 Å². The fourth-order valence-corrected chi connectivity index (χ4v) is 2.76. The maximum atomic E-state index is 9.22. The maximum Gasteiger partial charge on any atom is 0.0853 e. The molecule has 0 spiro atoms. The van der Waals surface area contributed by atoms with Crippen molar-refractivity contribution in [2.75, 3.05) is 5.75 Å². The topological polar surface area (TPSA) is 38.0 Å². The summed E-state index contributed by atoms with van der Waals surface area (Å²) >= 11 is 1.93. The average Bonchev–Trinajstić information content (AvgIpc) is 2.55. The van der Waals surface area contributed by atoms with Crippen molar-refractivity contribution < 1.29 is 5.11 Å². The first-order chi connectivity index (χ1) is 6.36. The first kappa shape index (κ1) is 9.09. The molecule has 0 saturated heterocycles. The number of thioether (sulfide) groups is 1. The molecule has 0 fully saturated rings. The Morgan fingerprint density at radius 2 is 2.46 bits per heavy atom. The van der Waals surface area contributed by atoms with Gasteiger partial charge in [-0.3, -0.25) is 4.68 Å². The lowest BCUT2D eigenvalue weighted by Gasteiger charge is -2.09. The molecule has 3 nitrogen and oxygen atoms in total. The molecule has 0 radical (unpaired) electrons. The second-order valence-corrected chi connectivity index (χ2v) is 4.25. The molecule has 0 bridgehead atoms. The highest BCUT2D eigenvalue weighted by molar-refractivity contribution is 7.98. The zero-order valence-corrected chi connectivity index (χ0v) is 8.60. The van der Waals surface area contributed by atoms with Crippen LogP contribution in [0.2, 0.25) is 0 Å². The van der Waals surface area contributed by atoms with Crippen LogP contribution in [0.1, 0.15) is 23.9 Å². The van der Waals surface area contributed by atoms with Gasteiger partial charge < -0.3 is 5.11 Å². The van der Waals surface area contributed by atoms with E-state index in [1.807, 2.05) is 16.4 Å². The predicted molar refractivity (Wildman–Crippen MR) is 53.7 cm³/mol. The van der Waals surface area contributed by atoms with Gasteiger partial charge in [-0.05, 0) is 12.7 Å². The molecular formula is C9H14N2OS. The van der Waals surface area contributed by atoms with E-state index in [0.29, 0.717) is 0 Å². The van der Waals surface area contributed by atoms with E-state index in [-0.39, 0.29) is 6.61 Å². The highest BCUT2D eigenvalue weighted by Gasteiger charge is 2.19. The molecule has 2 rings (SSSR count). The summed E-state index contributed by atoms with van der Waals surface area (Å²) in [6.07, 6.45) is 1.06. The molecular weight excluding hydrogens is 184 g/mol. The number of aromatic nitrogens is 2. The molecule has 4 heteroatoms. The fraction of sp³-hybridized carbons (Fsp3) is 0.667. The van der Waals surface area contributed by atoms with Gasteiger partial charge in [0.25, 0.3) is 0 Å². The predicted octanol–water partition coefficient (Wildman–Crippen LogP) is 1.18. The molecule has 1 aromatic heterocycles. The van der Waals surface area contributed by atoms with Crippen LogP contribution in [0, 0.1) is 0 Å². The third-order valence-electron chi connectivity index (χ3n) is 2.43. The van der Waals surface area contributed by atoms with E-state index in [1.165, 1.54) is 17.0 Å². The number of hydrogen-bond acceptors (Lipinski definition) is 3. The van der Waals surface area contributed by atoms with E-state index in [1.54, 1.807) is 0 Å². The lowest BCUT2D eigenvalue weighted by Crippen LogP contribution is -2.03. The number of fused-ring (bicyclic) bond motifs is 1. The van der Waals surface area contributed by atoms with Crippen LogP contribution < -0.4 is 0 Å². The summed E-state index contributed by atoms with van der Waals surface area (Å²) in [4.78, 5) is 0. The van der Waals surface area contributed by atoms with Crippen LogP contribution in [-0.2, 0) is 25.3 Å². The summed E-state index contributed by atoms with van der Waals surface area (Å²) in [6, 6.07) is 0. The zero-order valence-electron chi connectivity index (χ0n) is 7.79. The van der Waals surface area contributed by atoms with Crippen LogP contribution in [0.3, 0.4) is 0 Å². The molecule has 13 heavy (non-hydrogen) atoms. The van der Waals surface area contributed by atoms with Gasteiger partial charge in [0.1, 0.15) is 0 Å². The van der Waals surface area contributed by atoms with Crippen molar-refractivity contribution in [3.63, 3.8) is 0 Å². The Balaban J connectivity index is 2.44. The van der Waals surface area contributed by atoms with E-state index in [4.69, 9.17) is 0 Å². The van der Waals surface area contributed by atoms with Crippen LogP contribution >= 0.6 is 11.8 Å². The number of hydrogen-bond donors (Lipinski definition) is 1. The highest BCUT2D eigenvalue weighted by atomic mass is 32.2. The van der Waals surface area contributed by atoms with Gasteiger partial charge in [-0.15, -0.1) is 0 Å². The summed E-state index contributed by atoms with van der Waals surface area (Å²) in [7, 11) is 0. The number of aryl methyl sites for hydroxylation is 2. The molecule has 0 unspecified atom stereocenters. The molecule has 0 saturated carbocycles. The van der Waals surface area contributed by atoms with Crippen molar-refractivity contribution in [1.82, 2.24) is 9.78 Å². The van der Waals surface area contributed by atoms with Gasteiger partial charge in [0.2, 0.25) is 0 Å². The highest BCUT2D eigenvalue weighted by Crippen LogP contribution is 2.26. The number of aliphatic hydroxyl groups is 1. The lowest BCUT2D eigenvalue weighted by molar-refractivity contribution is 0.267. The molecule has 1 aliphatic rings. The Labute approximate surface area is 82.1 Å². The Morgan fingerprint density at radius 1 is 1.62 bits per heavy atom. The molecule has 0 aromatic carbocycles. The molecule has 1 aromatic rings. The van der Waals surface area contributed by atoms with E-state index in [9.17, 15) is 5.11 Å². The van der Waals surface area contributed by atoms with E-state index in [0.717, 1.165) is 24.4 Å². The van der Waals surface area contributed by atoms with E-state index in [2.05, 4.69) is 12.0 Å². The summed E-state index contributed by atoms with van der Waals surface area (Å²) in [5.74, 6) is 2.18. The number of rotatable bonds is 2. The number of nitrogens with zero attached hydrogens (tertiary/aromatic N) is 2. The van der Waals surface area contributed by atoms with E-state index >= 15 is 0 Å². The van der Waals surface area contributed by atoms with Crippen molar-refractivity contribution in [2.45, 2.75) is 32.2 Å². The maximum absolute atomic E-state index is 9.22. The molecule has 72 valence electrons. The molecule has 1 aliphatic heterocycles. The van der Waals surface area contributed by atoms with Gasteiger partial charge in [-0.25, -0.2) is 0 Å². The Morgan fingerprint density at radius 3 is 3.15 bits per heavy atom. The molecule has 0 atom stereocenters. The summed E-state index contributed by atoms with van der Waals surface area (Å²) in [6.45, 7) is 3.04. The first-order valence-electron chi connectivity index (χ1n) is 4.62. The van der Waals surface area contributed by atoms with Crippen molar-refractivity contribution >= 4 is 11.8 Å². The van der Waals surface area contributed by atoms with Gasteiger partial charge in [-0.2, -0.15) is 16.9 Å². The van der Waals surface area contributed by atoms with Crippen molar-refractivity contribution in [1.29, 1.82) is 0 Å². The van der Waals surface area contributed by atoms with Crippen molar-refractivity contribution in [3.05, 3.63) is 17.0 Å². The van der Waals surface area contributed by atoms with Crippen molar-refractivity contribution in [3.8, 4) is 0 Å². The minimum Gasteiger partial charge on any atom is -0.390 e. The van der Waals surface area contributed by atoms with Crippen LogP contribution in [0.25, 0.3) is 0 Å². The Hall–Kier alpha value is -0.480. The SMILES string of the molecule is CCn1nc2c(c1CO)CSCC2. The quantitative estimate of drug-likeness (QED) is 0.775. The van der Waals surface area contributed by atoms with Crippen LogP contribution in [0.15, 0.2) is 0 Å². The van der Waals surface area contributed by atoms with Crippen LogP contribution in [0.5, 0.6) is 0 Å². The first-order valence-corrected chi connectivity index (χ1v) is 5.78. The normalized spacial score (nSPS) is 15.8. The molecule has 0 aliphatic carbocycles. The van der Waals surface area contributed by atoms with Gasteiger partial charge in [0.15, 0.2) is 0 Å². The third kappa shape index (κ3) is 1.48. The smallest absolute Gasteiger partial charge is 0.0853 e. The molecule has 0 amide bonds. The second-order valence-electron chi connectivity index (χ2n) is 3.15. The molecule has 1 N–H and O–H groups in total. The van der Waals surface area contributed by atoms with Gasteiger partial charge >= 0.3 is 0 Å². The summed E-state index contributed by atoms with van der Waals surface area (Å²) in [5, 5.41) is 13.7. The lowest BCUT2D eigenvalue weighted by atomic mass is 10.1. The third-order valence-corrected chi connectivity index (χ3v) is 3.41. The average molecular weight is 198 g/mol. The Bertz CT molecular complexity index is 298. The van der Waals surface area contributed by atoms with Crippen LogP contribution in [-0.4, -0.2) is 20.6 Å². The zero-order chi connectivity index (χ0) is 9.26. The monoisotopic (exact) mass is 198 g/mol. The Kier molecular flexibility index (Phi) is 2.60. The van der Waals surface area contributed by atoms with Gasteiger partial charge in [-0.1, -0.05) is 0 Å². The minimum atomic E-state index is 0.122. The molecule has 2 heterocycles. The fourth-order valence-electron chi connectivity index (χ4n) is 1.74. The summed E-state index contributed by atoms with van der Waals surface area (Å²) < 4.78 is 1.93. The summed E-state index contributed by atoms with van der Waals surface area (Å²) in [5.41, 5.74) is 3.50. The van der Waals surface area contributed by atoms with Crippen LogP contribution in [0.4, 0.5) is 0 Å². The standard InChI is InChI=1S/C9H14N2OS/c1-2-11-9(5-12)7-6-13-4-3-8(7)10-11/h12H,2-6H2,1H3. The van der Waals surface area contributed by atoms with E-state index < -0.39 is 0 Å². The minimum absolute atomic E-state index is 0.122. The largest absolute Gasteiger partial charge is 0.390 e. The van der Waals surface area contributed by atoms with Gasteiger partial charge in [0.05, 0.1) is 18.0 Å². The number of aliphatic hydroxyl groups excluding tert-OH is 1. The second kappa shape index (κ2) is 3.72. The van der Waals surface area contributed by atoms with Gasteiger partial charge in [0, 0.05) is 24.3 Å².